The van der Waals surface area contributed by atoms with Crippen molar-refractivity contribution >= 4 is 5.91 Å². The quantitative estimate of drug-likeness (QED) is 0.899. The molecule has 18 heavy (non-hydrogen) atoms. The Balaban J connectivity index is 2.40. The van der Waals surface area contributed by atoms with Gasteiger partial charge in [-0.25, -0.2) is 4.68 Å². The van der Waals surface area contributed by atoms with Crippen molar-refractivity contribution in [1.29, 1.82) is 0 Å². The zero-order valence-electron chi connectivity index (χ0n) is 10.8. The zero-order chi connectivity index (χ0) is 13.1. The predicted molar refractivity (Wildman–Crippen MR) is 70.9 cm³/mol. The highest BCUT2D eigenvalue weighted by Gasteiger charge is 2.15. The summed E-state index contributed by atoms with van der Waals surface area (Å²) in [6, 6.07) is 11.6. The fraction of sp³-hybridized carbons (Fsp3) is 0.286. The number of nitrogens with one attached hydrogen (secondary N) is 1. The predicted octanol–water partition coefficient (Wildman–Crippen LogP) is 2.32. The lowest BCUT2D eigenvalue weighted by Gasteiger charge is -2.10. The number of amides is 1. The van der Waals surface area contributed by atoms with Crippen molar-refractivity contribution in [2.45, 2.75) is 26.8 Å². The number of aryl methyl sites for hydroxylation is 1. The molecule has 4 heteroatoms. The third-order valence-electron chi connectivity index (χ3n) is 2.48. The zero-order valence-corrected chi connectivity index (χ0v) is 10.8. The van der Waals surface area contributed by atoms with Crippen LogP contribution < -0.4 is 5.32 Å². The van der Waals surface area contributed by atoms with Crippen LogP contribution in [0.2, 0.25) is 0 Å². The molecule has 2 aromatic rings. The van der Waals surface area contributed by atoms with Gasteiger partial charge in [-0.3, -0.25) is 4.79 Å². The largest absolute Gasteiger partial charge is 0.349 e. The standard InChI is InChI=1S/C14H17N3O/c1-10(2)15-14(18)13-9-11(3)16-17(13)12-7-5-4-6-8-12/h4-10H,1-3H3,(H,15,18). The third-order valence-corrected chi connectivity index (χ3v) is 2.48. The molecule has 1 N–H and O–H groups in total. The summed E-state index contributed by atoms with van der Waals surface area (Å²) in [5.74, 6) is -0.102. The van der Waals surface area contributed by atoms with Gasteiger partial charge in [-0.15, -0.1) is 0 Å². The number of carbonyl (C=O) groups is 1. The van der Waals surface area contributed by atoms with Crippen LogP contribution in [0.4, 0.5) is 0 Å². The van der Waals surface area contributed by atoms with E-state index in [0.717, 1.165) is 11.4 Å². The van der Waals surface area contributed by atoms with Gasteiger partial charge in [0.05, 0.1) is 11.4 Å². The van der Waals surface area contributed by atoms with Crippen molar-refractivity contribution in [3.05, 3.63) is 47.8 Å². The molecule has 0 spiro atoms. The van der Waals surface area contributed by atoms with Gasteiger partial charge in [-0.2, -0.15) is 5.10 Å². The summed E-state index contributed by atoms with van der Waals surface area (Å²) in [6.45, 7) is 5.76. The van der Waals surface area contributed by atoms with E-state index in [0.29, 0.717) is 5.69 Å². The molecule has 0 aliphatic rings. The Hall–Kier alpha value is -2.10. The van der Waals surface area contributed by atoms with Crippen molar-refractivity contribution in [1.82, 2.24) is 15.1 Å². The molecule has 1 aromatic carbocycles. The van der Waals surface area contributed by atoms with Crippen LogP contribution in [0.25, 0.3) is 5.69 Å². The average molecular weight is 243 g/mol. The number of carbonyl (C=O) groups excluding carboxylic acids is 1. The second-order valence-electron chi connectivity index (χ2n) is 4.55. The minimum absolute atomic E-state index is 0.102. The molecule has 0 bridgehead atoms. The maximum absolute atomic E-state index is 12.1. The molecule has 0 saturated carbocycles. The molecule has 1 heterocycles. The van der Waals surface area contributed by atoms with Crippen molar-refractivity contribution in [2.24, 2.45) is 0 Å². The number of benzene rings is 1. The number of hydrogen-bond acceptors (Lipinski definition) is 2. The minimum Gasteiger partial charge on any atom is -0.349 e. The molecule has 0 radical (unpaired) electrons. The lowest BCUT2D eigenvalue weighted by molar-refractivity contribution is 0.0935. The van der Waals surface area contributed by atoms with Crippen molar-refractivity contribution in [3.63, 3.8) is 0 Å². The average Bonchev–Trinajstić information content (AvgIpc) is 2.72. The summed E-state index contributed by atoms with van der Waals surface area (Å²) >= 11 is 0. The van der Waals surface area contributed by atoms with Gasteiger partial charge in [0.2, 0.25) is 0 Å². The van der Waals surface area contributed by atoms with Gasteiger partial charge in [0.25, 0.3) is 5.91 Å². The summed E-state index contributed by atoms with van der Waals surface area (Å²) in [7, 11) is 0. The highest BCUT2D eigenvalue weighted by molar-refractivity contribution is 5.93. The summed E-state index contributed by atoms with van der Waals surface area (Å²) in [4.78, 5) is 12.1. The molecule has 0 atom stereocenters. The van der Waals surface area contributed by atoms with Gasteiger partial charge in [-0.1, -0.05) is 18.2 Å². The summed E-state index contributed by atoms with van der Waals surface area (Å²) in [6.07, 6.45) is 0. The number of rotatable bonds is 3. The first-order valence-corrected chi connectivity index (χ1v) is 6.01. The van der Waals surface area contributed by atoms with Crippen molar-refractivity contribution in [3.8, 4) is 5.69 Å². The van der Waals surface area contributed by atoms with E-state index in [1.54, 1.807) is 10.7 Å². The van der Waals surface area contributed by atoms with Crippen molar-refractivity contribution in [2.75, 3.05) is 0 Å². The topological polar surface area (TPSA) is 46.9 Å². The molecule has 0 saturated heterocycles. The summed E-state index contributed by atoms with van der Waals surface area (Å²) in [5, 5.41) is 7.25. The molecule has 94 valence electrons. The first-order valence-electron chi connectivity index (χ1n) is 6.01. The Morgan fingerprint density at radius 1 is 1.28 bits per heavy atom. The third kappa shape index (κ3) is 2.59. The van der Waals surface area contributed by atoms with Gasteiger partial charge in [0.1, 0.15) is 5.69 Å². The lowest BCUT2D eigenvalue weighted by atomic mass is 10.3. The molecule has 4 nitrogen and oxygen atoms in total. The Morgan fingerprint density at radius 2 is 1.94 bits per heavy atom. The first-order chi connectivity index (χ1) is 8.58. The monoisotopic (exact) mass is 243 g/mol. The number of para-hydroxylation sites is 1. The van der Waals surface area contributed by atoms with E-state index in [4.69, 9.17) is 0 Å². The Morgan fingerprint density at radius 3 is 2.56 bits per heavy atom. The van der Waals surface area contributed by atoms with Crippen LogP contribution in [0.3, 0.4) is 0 Å². The van der Waals surface area contributed by atoms with E-state index >= 15 is 0 Å². The minimum atomic E-state index is -0.102. The number of nitrogens with zero attached hydrogens (tertiary/aromatic N) is 2. The second-order valence-corrected chi connectivity index (χ2v) is 4.55. The lowest BCUT2D eigenvalue weighted by Crippen LogP contribution is -2.31. The maximum atomic E-state index is 12.1. The molecule has 1 aromatic heterocycles. The SMILES string of the molecule is Cc1cc(C(=O)NC(C)C)n(-c2ccccc2)n1. The Kier molecular flexibility index (Phi) is 3.46. The van der Waals surface area contributed by atoms with E-state index in [9.17, 15) is 4.79 Å². The molecule has 0 aliphatic heterocycles. The fourth-order valence-corrected chi connectivity index (χ4v) is 1.76. The van der Waals surface area contributed by atoms with E-state index in [2.05, 4.69) is 10.4 Å². The van der Waals surface area contributed by atoms with Crippen LogP contribution in [-0.2, 0) is 0 Å². The van der Waals surface area contributed by atoms with Gasteiger partial charge >= 0.3 is 0 Å². The molecule has 0 fully saturated rings. The molecule has 0 aliphatic carbocycles. The maximum Gasteiger partial charge on any atom is 0.270 e. The van der Waals surface area contributed by atoms with Crippen LogP contribution in [-0.4, -0.2) is 21.7 Å². The number of hydrogen-bond donors (Lipinski definition) is 1. The van der Waals surface area contributed by atoms with Crippen LogP contribution in [0.1, 0.15) is 30.0 Å². The Labute approximate surface area is 107 Å². The smallest absolute Gasteiger partial charge is 0.270 e. The molecule has 1 amide bonds. The fourth-order valence-electron chi connectivity index (χ4n) is 1.76. The first kappa shape index (κ1) is 12.4. The van der Waals surface area contributed by atoms with Crippen LogP contribution in [0, 0.1) is 6.92 Å². The van der Waals surface area contributed by atoms with Gasteiger partial charge in [-0.05, 0) is 39.0 Å². The van der Waals surface area contributed by atoms with Gasteiger partial charge in [0.15, 0.2) is 0 Å². The molecular weight excluding hydrogens is 226 g/mol. The normalized spacial score (nSPS) is 10.7. The summed E-state index contributed by atoms with van der Waals surface area (Å²) in [5.41, 5.74) is 2.28. The van der Waals surface area contributed by atoms with E-state index in [-0.39, 0.29) is 11.9 Å². The van der Waals surface area contributed by atoms with E-state index in [1.165, 1.54) is 0 Å². The molecule has 2 rings (SSSR count). The van der Waals surface area contributed by atoms with Gasteiger partial charge in [0, 0.05) is 6.04 Å². The van der Waals surface area contributed by atoms with Gasteiger partial charge < -0.3 is 5.32 Å². The highest BCUT2D eigenvalue weighted by Crippen LogP contribution is 2.12. The summed E-state index contributed by atoms with van der Waals surface area (Å²) < 4.78 is 1.67. The second kappa shape index (κ2) is 5.04. The molecule has 0 unspecified atom stereocenters. The molecular formula is C14H17N3O. The van der Waals surface area contributed by atoms with Crippen LogP contribution in [0.5, 0.6) is 0 Å². The number of aromatic nitrogens is 2. The van der Waals surface area contributed by atoms with E-state index in [1.807, 2.05) is 51.1 Å². The van der Waals surface area contributed by atoms with Crippen molar-refractivity contribution < 1.29 is 4.79 Å². The van der Waals surface area contributed by atoms with E-state index < -0.39 is 0 Å². The van der Waals surface area contributed by atoms with Crippen LogP contribution in [0.15, 0.2) is 36.4 Å². The Bertz CT molecular complexity index is 543. The van der Waals surface area contributed by atoms with Crippen LogP contribution >= 0.6 is 0 Å². The highest BCUT2D eigenvalue weighted by atomic mass is 16.2.